The second kappa shape index (κ2) is 7.40. The number of Topliss-reactive ketones (excluding diaryl/α,β-unsaturated/α-hetero) is 1. The molecule has 1 nitrogen and oxygen atoms in total. The molecule has 14 heavy (non-hydrogen) atoms. The van der Waals surface area contributed by atoms with Crippen LogP contribution in [0.4, 0.5) is 0 Å². The summed E-state index contributed by atoms with van der Waals surface area (Å²) in [6.45, 7) is 1.56. The topological polar surface area (TPSA) is 17.1 Å². The smallest absolute Gasteiger partial charge is 0.105 e. The van der Waals surface area contributed by atoms with Crippen LogP contribution in [-0.4, -0.2) is 5.78 Å². The van der Waals surface area contributed by atoms with Gasteiger partial charge in [0.25, 0.3) is 0 Å². The SMILES string of the molecule is CC(=O)[c-]1cccc1.[Ru].[cH-]1[cH-][cH-][cH-][cH-]1. The van der Waals surface area contributed by atoms with Gasteiger partial charge in [-0.2, -0.15) is 12.1 Å². The van der Waals surface area contributed by atoms with E-state index >= 15 is 0 Å². The van der Waals surface area contributed by atoms with Gasteiger partial charge in [0.15, 0.2) is 0 Å². The summed E-state index contributed by atoms with van der Waals surface area (Å²) < 4.78 is 0. The van der Waals surface area contributed by atoms with E-state index in [1.165, 1.54) is 0 Å². The van der Waals surface area contributed by atoms with Crippen molar-refractivity contribution in [3.8, 4) is 0 Å². The maximum atomic E-state index is 10.5. The molecule has 2 aromatic rings. The van der Waals surface area contributed by atoms with Gasteiger partial charge in [0.05, 0.1) is 0 Å². The summed E-state index contributed by atoms with van der Waals surface area (Å²) in [5, 5.41) is 0. The molecule has 0 aliphatic carbocycles. The number of carbonyl (C=O) groups excluding carboxylic acids is 1. The first-order valence-corrected chi connectivity index (χ1v) is 4.20. The van der Waals surface area contributed by atoms with Crippen LogP contribution in [0.1, 0.15) is 17.3 Å². The maximum absolute atomic E-state index is 10.5. The zero-order chi connectivity index (χ0) is 9.52. The van der Waals surface area contributed by atoms with E-state index in [2.05, 4.69) is 0 Å². The van der Waals surface area contributed by atoms with Crippen LogP contribution >= 0.6 is 0 Å². The van der Waals surface area contributed by atoms with Gasteiger partial charge in [-0.05, 0) is 6.92 Å². The van der Waals surface area contributed by atoms with Crippen LogP contribution in [-0.2, 0) is 19.5 Å². The molecule has 0 bridgehead atoms. The van der Waals surface area contributed by atoms with E-state index in [0.29, 0.717) is 0 Å². The molecule has 80 valence electrons. The van der Waals surface area contributed by atoms with E-state index in [1.54, 1.807) is 6.92 Å². The summed E-state index contributed by atoms with van der Waals surface area (Å²) in [6, 6.07) is 17.3. The third-order valence-electron chi connectivity index (χ3n) is 1.62. The number of rotatable bonds is 1. The Morgan fingerprint density at radius 3 is 1.57 bits per heavy atom. The first-order chi connectivity index (χ1) is 6.30. The average molecular weight is 273 g/mol. The first-order valence-electron chi connectivity index (χ1n) is 4.20. The van der Waals surface area contributed by atoms with E-state index in [-0.39, 0.29) is 25.3 Å². The monoisotopic (exact) mass is 274 g/mol. The summed E-state index contributed by atoms with van der Waals surface area (Å²) >= 11 is 0. The molecule has 2 aromatic carbocycles. The Hall–Kier alpha value is -1.01. The zero-order valence-corrected chi connectivity index (χ0v) is 9.70. The molecule has 0 atom stereocenters. The van der Waals surface area contributed by atoms with E-state index in [4.69, 9.17) is 0 Å². The Morgan fingerprint density at radius 1 is 1.00 bits per heavy atom. The van der Waals surface area contributed by atoms with E-state index in [9.17, 15) is 4.79 Å². The molecule has 0 spiro atoms. The Kier molecular flexibility index (Phi) is 6.87. The van der Waals surface area contributed by atoms with Crippen molar-refractivity contribution in [2.75, 3.05) is 0 Å². The summed E-state index contributed by atoms with van der Waals surface area (Å²) in [4.78, 5) is 10.5. The van der Waals surface area contributed by atoms with Gasteiger partial charge in [-0.3, -0.25) is 0 Å². The molecule has 0 unspecified atom stereocenters. The van der Waals surface area contributed by atoms with Crippen LogP contribution in [0, 0.1) is 0 Å². The molecule has 0 aromatic heterocycles. The van der Waals surface area contributed by atoms with Gasteiger partial charge in [-0.1, -0.05) is 5.56 Å². The molecule has 0 aliphatic heterocycles. The summed E-state index contributed by atoms with van der Waals surface area (Å²) in [7, 11) is 0. The number of ketones is 1. The second-order valence-corrected chi connectivity index (χ2v) is 2.69. The fourth-order valence-electron chi connectivity index (χ4n) is 0.929. The predicted octanol–water partition coefficient (Wildman–Crippen LogP) is 3.01. The van der Waals surface area contributed by atoms with Gasteiger partial charge < -0.3 is 35.1 Å². The van der Waals surface area contributed by atoms with Gasteiger partial charge in [-0.25, -0.2) is 12.1 Å². The Labute approximate surface area is 97.2 Å². The van der Waals surface area contributed by atoms with Crippen molar-refractivity contribution in [1.82, 2.24) is 0 Å². The molecule has 0 heterocycles. The fraction of sp³-hybridized carbons (Fsp3) is 0.0833. The number of hydrogen-bond donors (Lipinski definition) is 0. The maximum Gasteiger partial charge on any atom is 0.105 e. The zero-order valence-electron chi connectivity index (χ0n) is 7.96. The molecular weight excluding hydrogens is 261 g/mol. The third kappa shape index (κ3) is 4.88. The van der Waals surface area contributed by atoms with Crippen LogP contribution in [0.3, 0.4) is 0 Å². The van der Waals surface area contributed by atoms with Crippen LogP contribution in [0.15, 0.2) is 54.6 Å². The normalized spacial score (nSPS) is 8.07. The van der Waals surface area contributed by atoms with Crippen molar-refractivity contribution in [1.29, 1.82) is 0 Å². The minimum Gasteiger partial charge on any atom is -0.748 e. The number of hydrogen-bond acceptors (Lipinski definition) is 1. The molecule has 2 heteroatoms. The van der Waals surface area contributed by atoms with E-state index in [0.717, 1.165) is 5.56 Å². The minimum atomic E-state index is 0. The largest absolute Gasteiger partial charge is 0.748 e. The molecule has 0 N–H and O–H groups in total. The minimum absolute atomic E-state index is 0. The molecule has 0 radical (unpaired) electrons. The van der Waals surface area contributed by atoms with Crippen molar-refractivity contribution >= 4 is 5.78 Å². The van der Waals surface area contributed by atoms with Crippen molar-refractivity contribution < 1.29 is 24.3 Å². The predicted molar refractivity (Wildman–Crippen MR) is 54.1 cm³/mol. The molecule has 0 saturated carbocycles. The van der Waals surface area contributed by atoms with Crippen molar-refractivity contribution in [3.63, 3.8) is 0 Å². The van der Waals surface area contributed by atoms with Gasteiger partial charge in [0.2, 0.25) is 0 Å². The molecule has 0 fully saturated rings. The fourth-order valence-corrected chi connectivity index (χ4v) is 0.929. The van der Waals surface area contributed by atoms with Gasteiger partial charge in [-0.15, -0.1) is 0 Å². The summed E-state index contributed by atoms with van der Waals surface area (Å²) in [5.74, 6) is 0.134. The van der Waals surface area contributed by atoms with Crippen LogP contribution < -0.4 is 0 Å². The second-order valence-electron chi connectivity index (χ2n) is 2.69. The van der Waals surface area contributed by atoms with Gasteiger partial charge >= 0.3 is 0 Å². The molecule has 0 saturated heterocycles. The Bertz CT molecular complexity index is 302. The van der Waals surface area contributed by atoms with Crippen molar-refractivity contribution in [2.24, 2.45) is 0 Å². The van der Waals surface area contributed by atoms with E-state index in [1.807, 2.05) is 54.6 Å². The van der Waals surface area contributed by atoms with Crippen molar-refractivity contribution in [2.45, 2.75) is 6.92 Å². The van der Waals surface area contributed by atoms with Gasteiger partial charge in [0.1, 0.15) is 5.78 Å². The van der Waals surface area contributed by atoms with E-state index < -0.39 is 0 Å². The first kappa shape index (κ1) is 13.0. The summed E-state index contributed by atoms with van der Waals surface area (Å²) in [6.07, 6.45) is 0. The Morgan fingerprint density at radius 2 is 1.36 bits per heavy atom. The van der Waals surface area contributed by atoms with Crippen LogP contribution in [0.2, 0.25) is 0 Å². The average Bonchev–Trinajstić information content (AvgIpc) is 2.82. The third-order valence-corrected chi connectivity index (χ3v) is 1.62. The molecule has 0 aliphatic rings. The standard InChI is InChI=1S/C7H7O.C5H5.Ru/c1-6(8)7-4-2-3-5-7;1-2-4-5-3-1;/h2-5H,1H3;1-5H;/q-1;-5;. The molecule has 2 rings (SSSR count). The quantitative estimate of drug-likeness (QED) is 0.443. The van der Waals surface area contributed by atoms with Crippen molar-refractivity contribution in [3.05, 3.63) is 60.2 Å². The van der Waals surface area contributed by atoms with Crippen LogP contribution in [0.25, 0.3) is 0 Å². The Balaban J connectivity index is 0.000000246. The van der Waals surface area contributed by atoms with Crippen LogP contribution in [0.5, 0.6) is 0 Å². The number of carbonyl (C=O) groups is 1. The molecular formula is C12H12ORu-6. The summed E-state index contributed by atoms with van der Waals surface area (Å²) in [5.41, 5.74) is 0.796. The molecule has 0 amide bonds. The van der Waals surface area contributed by atoms with Gasteiger partial charge in [0, 0.05) is 19.5 Å².